The molecule has 0 radical (unpaired) electrons. The van der Waals surface area contributed by atoms with Crippen LogP contribution in [0.1, 0.15) is 19.8 Å². The molecule has 1 aromatic carbocycles. The van der Waals surface area contributed by atoms with E-state index in [9.17, 15) is 14.9 Å². The monoisotopic (exact) mass is 311 g/mol. The molecule has 114 valence electrons. The lowest BCUT2D eigenvalue weighted by Gasteiger charge is -2.30. The number of anilines is 1. The first kappa shape index (κ1) is 15.7. The minimum atomic E-state index is -0.533. The Morgan fingerprint density at radius 1 is 1.57 bits per heavy atom. The first-order chi connectivity index (χ1) is 9.95. The molecule has 0 aliphatic carbocycles. The summed E-state index contributed by atoms with van der Waals surface area (Å²) in [5.74, 6) is 0.321. The number of amides is 1. The van der Waals surface area contributed by atoms with Gasteiger partial charge in [0.2, 0.25) is 5.91 Å². The maximum absolute atomic E-state index is 12.1. The molecule has 0 saturated carbocycles. The standard InChI is InChI=1S/C14H18ClN3O3/c1-10-3-2-6-17(8-10)9-14(19)16-12-7-11(15)4-5-13(12)18(20)21/h4-5,7,10H,2-3,6,8-9H2,1H3,(H,16,19). The van der Waals surface area contributed by atoms with Gasteiger partial charge in [0, 0.05) is 17.6 Å². The number of hydrogen-bond donors (Lipinski definition) is 1. The van der Waals surface area contributed by atoms with Gasteiger partial charge in [-0.2, -0.15) is 0 Å². The molecule has 1 saturated heterocycles. The zero-order valence-corrected chi connectivity index (χ0v) is 12.6. The van der Waals surface area contributed by atoms with E-state index in [0.717, 1.165) is 19.5 Å². The third-order valence-electron chi connectivity index (χ3n) is 3.54. The van der Waals surface area contributed by atoms with Crippen molar-refractivity contribution in [1.82, 2.24) is 4.90 Å². The third kappa shape index (κ3) is 4.41. The van der Waals surface area contributed by atoms with Gasteiger partial charge >= 0.3 is 0 Å². The van der Waals surface area contributed by atoms with Gasteiger partial charge in [-0.1, -0.05) is 18.5 Å². The highest BCUT2D eigenvalue weighted by Crippen LogP contribution is 2.27. The van der Waals surface area contributed by atoms with Crippen molar-refractivity contribution in [3.63, 3.8) is 0 Å². The van der Waals surface area contributed by atoms with E-state index in [1.807, 2.05) is 0 Å². The van der Waals surface area contributed by atoms with E-state index >= 15 is 0 Å². The quantitative estimate of drug-likeness (QED) is 0.685. The van der Waals surface area contributed by atoms with Gasteiger partial charge in [-0.05, 0) is 37.4 Å². The van der Waals surface area contributed by atoms with Crippen LogP contribution in [0.15, 0.2) is 18.2 Å². The predicted molar refractivity (Wildman–Crippen MR) is 81.6 cm³/mol. The van der Waals surface area contributed by atoms with E-state index in [1.165, 1.54) is 24.6 Å². The van der Waals surface area contributed by atoms with Crippen LogP contribution in [0.25, 0.3) is 0 Å². The molecular formula is C14H18ClN3O3. The van der Waals surface area contributed by atoms with Crippen LogP contribution < -0.4 is 5.32 Å². The highest BCUT2D eigenvalue weighted by Gasteiger charge is 2.21. The Morgan fingerprint density at radius 3 is 3.00 bits per heavy atom. The smallest absolute Gasteiger partial charge is 0.292 e. The van der Waals surface area contributed by atoms with Crippen LogP contribution in [0.3, 0.4) is 0 Å². The molecule has 1 N–H and O–H groups in total. The summed E-state index contributed by atoms with van der Waals surface area (Å²) in [7, 11) is 0. The molecule has 1 heterocycles. The van der Waals surface area contributed by atoms with E-state index in [-0.39, 0.29) is 23.8 Å². The topological polar surface area (TPSA) is 75.5 Å². The van der Waals surface area contributed by atoms with Crippen LogP contribution in [0, 0.1) is 16.0 Å². The van der Waals surface area contributed by atoms with E-state index in [4.69, 9.17) is 11.6 Å². The van der Waals surface area contributed by atoms with Gasteiger partial charge in [-0.3, -0.25) is 19.8 Å². The summed E-state index contributed by atoms with van der Waals surface area (Å²) in [6.45, 7) is 4.17. The van der Waals surface area contributed by atoms with Gasteiger partial charge in [0.05, 0.1) is 11.5 Å². The Bertz CT molecular complexity index is 550. The Balaban J connectivity index is 2.02. The first-order valence-corrected chi connectivity index (χ1v) is 7.29. The van der Waals surface area contributed by atoms with E-state index < -0.39 is 4.92 Å². The number of carbonyl (C=O) groups excluding carboxylic acids is 1. The molecule has 0 bridgehead atoms. The lowest BCUT2D eigenvalue weighted by molar-refractivity contribution is -0.383. The SMILES string of the molecule is CC1CCCN(CC(=O)Nc2cc(Cl)ccc2[N+](=O)[O-])C1. The summed E-state index contributed by atoms with van der Waals surface area (Å²) in [5.41, 5.74) is -0.0117. The number of nitrogens with zero attached hydrogens (tertiary/aromatic N) is 2. The number of nitro groups is 1. The van der Waals surface area contributed by atoms with Crippen molar-refractivity contribution in [3.8, 4) is 0 Å². The van der Waals surface area contributed by atoms with Gasteiger partial charge in [0.25, 0.3) is 5.69 Å². The second-order valence-corrected chi connectivity index (χ2v) is 5.89. The number of hydrogen-bond acceptors (Lipinski definition) is 4. The molecule has 1 aliphatic rings. The van der Waals surface area contributed by atoms with E-state index in [2.05, 4.69) is 17.1 Å². The predicted octanol–water partition coefficient (Wildman–Crippen LogP) is 2.92. The molecule has 7 heteroatoms. The molecule has 1 atom stereocenters. The molecule has 0 aromatic heterocycles. The second-order valence-electron chi connectivity index (χ2n) is 5.45. The zero-order chi connectivity index (χ0) is 15.4. The number of likely N-dealkylation sites (tertiary alicyclic amines) is 1. The first-order valence-electron chi connectivity index (χ1n) is 6.92. The number of piperidine rings is 1. The Morgan fingerprint density at radius 2 is 2.33 bits per heavy atom. The number of carbonyl (C=O) groups is 1. The molecular weight excluding hydrogens is 294 g/mol. The molecule has 1 amide bonds. The fourth-order valence-electron chi connectivity index (χ4n) is 2.59. The Labute approximate surface area is 128 Å². The highest BCUT2D eigenvalue weighted by molar-refractivity contribution is 6.31. The number of benzene rings is 1. The van der Waals surface area contributed by atoms with Crippen LogP contribution in [0.4, 0.5) is 11.4 Å². The third-order valence-corrected chi connectivity index (χ3v) is 3.77. The maximum Gasteiger partial charge on any atom is 0.292 e. The molecule has 2 rings (SSSR count). The summed E-state index contributed by atoms with van der Waals surface area (Å²) < 4.78 is 0. The summed E-state index contributed by atoms with van der Waals surface area (Å²) in [4.78, 5) is 24.5. The summed E-state index contributed by atoms with van der Waals surface area (Å²) >= 11 is 5.83. The summed E-state index contributed by atoms with van der Waals surface area (Å²) in [6, 6.07) is 4.12. The number of rotatable bonds is 4. The Kier molecular flexibility index (Phi) is 5.14. The van der Waals surface area contributed by atoms with Crippen LogP contribution >= 0.6 is 11.6 Å². The van der Waals surface area contributed by atoms with Crippen molar-refractivity contribution in [2.24, 2.45) is 5.92 Å². The number of nitro benzene ring substituents is 1. The van der Waals surface area contributed by atoms with Crippen LogP contribution in [-0.4, -0.2) is 35.4 Å². The maximum atomic E-state index is 12.1. The minimum absolute atomic E-state index is 0.141. The van der Waals surface area contributed by atoms with Crippen molar-refractivity contribution < 1.29 is 9.72 Å². The normalized spacial score (nSPS) is 19.2. The van der Waals surface area contributed by atoms with E-state index in [1.54, 1.807) is 0 Å². The van der Waals surface area contributed by atoms with Crippen molar-refractivity contribution in [2.45, 2.75) is 19.8 Å². The molecule has 6 nitrogen and oxygen atoms in total. The highest BCUT2D eigenvalue weighted by atomic mass is 35.5. The second kappa shape index (κ2) is 6.87. The van der Waals surface area contributed by atoms with Gasteiger partial charge in [0.1, 0.15) is 5.69 Å². The van der Waals surface area contributed by atoms with Gasteiger partial charge in [0.15, 0.2) is 0 Å². The van der Waals surface area contributed by atoms with Crippen LogP contribution in [-0.2, 0) is 4.79 Å². The van der Waals surface area contributed by atoms with E-state index in [0.29, 0.717) is 10.9 Å². The van der Waals surface area contributed by atoms with Crippen molar-refractivity contribution in [1.29, 1.82) is 0 Å². The average Bonchev–Trinajstić information content (AvgIpc) is 2.38. The largest absolute Gasteiger partial charge is 0.319 e. The minimum Gasteiger partial charge on any atom is -0.319 e. The number of halogens is 1. The summed E-state index contributed by atoms with van der Waals surface area (Å²) in [5, 5.41) is 13.9. The lowest BCUT2D eigenvalue weighted by atomic mass is 10.0. The number of nitrogens with one attached hydrogen (secondary N) is 1. The van der Waals surface area contributed by atoms with Crippen molar-refractivity contribution in [2.75, 3.05) is 25.0 Å². The van der Waals surface area contributed by atoms with Gasteiger partial charge < -0.3 is 5.32 Å². The molecule has 1 fully saturated rings. The fraction of sp³-hybridized carbons (Fsp3) is 0.500. The molecule has 1 aliphatic heterocycles. The zero-order valence-electron chi connectivity index (χ0n) is 11.8. The van der Waals surface area contributed by atoms with Crippen molar-refractivity contribution in [3.05, 3.63) is 33.3 Å². The van der Waals surface area contributed by atoms with Crippen molar-refractivity contribution >= 4 is 28.9 Å². The van der Waals surface area contributed by atoms with Crippen LogP contribution in [0.2, 0.25) is 5.02 Å². The molecule has 0 spiro atoms. The molecule has 1 unspecified atom stereocenters. The van der Waals surface area contributed by atoms with Gasteiger partial charge in [-0.15, -0.1) is 0 Å². The average molecular weight is 312 g/mol. The molecule has 1 aromatic rings. The Hall–Kier alpha value is -1.66. The fourth-order valence-corrected chi connectivity index (χ4v) is 2.76. The molecule has 21 heavy (non-hydrogen) atoms. The summed E-state index contributed by atoms with van der Waals surface area (Å²) in [6.07, 6.45) is 2.25. The van der Waals surface area contributed by atoms with Crippen LogP contribution in [0.5, 0.6) is 0 Å². The van der Waals surface area contributed by atoms with Gasteiger partial charge in [-0.25, -0.2) is 0 Å². The lowest BCUT2D eigenvalue weighted by Crippen LogP contribution is -2.39.